The first-order chi connectivity index (χ1) is 9.16. The Kier molecular flexibility index (Phi) is 4.76. The van der Waals surface area contributed by atoms with Crippen molar-refractivity contribution in [2.75, 3.05) is 18.5 Å². The summed E-state index contributed by atoms with van der Waals surface area (Å²) < 4.78 is 10.9. The third kappa shape index (κ3) is 3.94. The highest BCUT2D eigenvalue weighted by Gasteiger charge is 2.20. The van der Waals surface area contributed by atoms with Crippen molar-refractivity contribution >= 4 is 11.6 Å². The molecule has 0 radical (unpaired) electrons. The first-order valence-corrected chi connectivity index (χ1v) is 6.49. The van der Waals surface area contributed by atoms with E-state index in [1.165, 1.54) is 6.07 Å². The Bertz CT molecular complexity index is 429. The third-order valence-electron chi connectivity index (χ3n) is 3.09. The van der Waals surface area contributed by atoms with E-state index in [2.05, 4.69) is 5.32 Å². The summed E-state index contributed by atoms with van der Waals surface area (Å²) in [5.74, 6) is -0.235. The van der Waals surface area contributed by atoms with Crippen LogP contribution in [0.5, 0.6) is 5.75 Å². The van der Waals surface area contributed by atoms with Gasteiger partial charge in [0.05, 0.1) is 18.4 Å². The number of benzene rings is 1. The van der Waals surface area contributed by atoms with Crippen LogP contribution in [0.4, 0.5) is 5.69 Å². The van der Waals surface area contributed by atoms with Gasteiger partial charge >= 0.3 is 0 Å². The normalized spacial score (nSPS) is 20.2. The molecule has 2 atom stereocenters. The Labute approximate surface area is 112 Å². The standard InChI is InChI=1S/C14H19NO4/c1-10(19-9-11-5-4-8-18-11)14(17)15-12-6-2-3-7-13(12)16/h2-3,6-7,10-11,16H,4-5,8-9H2,1H3,(H,15,17)/t10-,11+/m0/s1. The third-order valence-corrected chi connectivity index (χ3v) is 3.09. The second-order valence-corrected chi connectivity index (χ2v) is 4.62. The van der Waals surface area contributed by atoms with Crippen LogP contribution >= 0.6 is 0 Å². The number of hydrogen-bond donors (Lipinski definition) is 2. The van der Waals surface area contributed by atoms with Gasteiger partial charge in [0.2, 0.25) is 0 Å². The number of aromatic hydroxyl groups is 1. The zero-order chi connectivity index (χ0) is 13.7. The second-order valence-electron chi connectivity index (χ2n) is 4.62. The molecule has 5 heteroatoms. The lowest BCUT2D eigenvalue weighted by Crippen LogP contribution is -2.30. The molecule has 2 N–H and O–H groups in total. The smallest absolute Gasteiger partial charge is 0.253 e. The molecule has 0 bridgehead atoms. The maximum absolute atomic E-state index is 11.9. The molecule has 1 amide bonds. The van der Waals surface area contributed by atoms with Gasteiger partial charge in [0.25, 0.3) is 5.91 Å². The largest absolute Gasteiger partial charge is 0.506 e. The molecule has 0 saturated carbocycles. The lowest BCUT2D eigenvalue weighted by atomic mass is 10.2. The molecule has 0 spiro atoms. The summed E-state index contributed by atoms with van der Waals surface area (Å²) in [5, 5.41) is 12.2. The predicted octanol–water partition coefficient (Wildman–Crippen LogP) is 1.91. The number of ether oxygens (including phenoxy) is 2. The lowest BCUT2D eigenvalue weighted by molar-refractivity contribution is -0.128. The maximum Gasteiger partial charge on any atom is 0.253 e. The average Bonchev–Trinajstić information content (AvgIpc) is 2.91. The first kappa shape index (κ1) is 13.8. The number of para-hydroxylation sites is 2. The van der Waals surface area contributed by atoms with Crippen molar-refractivity contribution in [2.24, 2.45) is 0 Å². The number of phenolic OH excluding ortho intramolecular Hbond substituents is 1. The summed E-state index contributed by atoms with van der Waals surface area (Å²) in [6.45, 7) is 2.88. The van der Waals surface area contributed by atoms with Crippen LogP contribution in [0.3, 0.4) is 0 Å². The van der Waals surface area contributed by atoms with E-state index in [9.17, 15) is 9.90 Å². The fourth-order valence-electron chi connectivity index (χ4n) is 1.92. The second kappa shape index (κ2) is 6.54. The molecular weight excluding hydrogens is 246 g/mol. The van der Waals surface area contributed by atoms with E-state index >= 15 is 0 Å². The van der Waals surface area contributed by atoms with Gasteiger partial charge in [-0.25, -0.2) is 0 Å². The van der Waals surface area contributed by atoms with Crippen LogP contribution in [-0.4, -0.2) is 36.4 Å². The molecule has 104 valence electrons. The summed E-state index contributed by atoms with van der Waals surface area (Å²) >= 11 is 0. The van der Waals surface area contributed by atoms with Crippen molar-refractivity contribution in [1.29, 1.82) is 0 Å². The summed E-state index contributed by atoms with van der Waals surface area (Å²) in [6, 6.07) is 6.60. The van der Waals surface area contributed by atoms with Gasteiger partial charge in [-0.1, -0.05) is 12.1 Å². The highest BCUT2D eigenvalue weighted by atomic mass is 16.5. The van der Waals surface area contributed by atoms with E-state index in [0.717, 1.165) is 19.4 Å². The first-order valence-electron chi connectivity index (χ1n) is 6.49. The number of carbonyl (C=O) groups excluding carboxylic acids is 1. The van der Waals surface area contributed by atoms with Crippen molar-refractivity contribution < 1.29 is 19.4 Å². The number of anilines is 1. The van der Waals surface area contributed by atoms with Crippen LogP contribution < -0.4 is 5.32 Å². The minimum atomic E-state index is -0.580. The molecule has 1 saturated heterocycles. The van der Waals surface area contributed by atoms with Gasteiger partial charge in [0.1, 0.15) is 11.9 Å². The molecule has 0 aromatic heterocycles. The van der Waals surface area contributed by atoms with Crippen molar-refractivity contribution in [2.45, 2.75) is 32.0 Å². The van der Waals surface area contributed by atoms with E-state index in [-0.39, 0.29) is 17.8 Å². The average molecular weight is 265 g/mol. The molecule has 1 aliphatic heterocycles. The van der Waals surface area contributed by atoms with Gasteiger partial charge in [-0.3, -0.25) is 4.79 Å². The number of hydrogen-bond acceptors (Lipinski definition) is 4. The minimum Gasteiger partial charge on any atom is -0.506 e. The van der Waals surface area contributed by atoms with Crippen molar-refractivity contribution in [3.05, 3.63) is 24.3 Å². The fraction of sp³-hybridized carbons (Fsp3) is 0.500. The number of amides is 1. The molecule has 19 heavy (non-hydrogen) atoms. The topological polar surface area (TPSA) is 67.8 Å². The molecule has 1 fully saturated rings. The van der Waals surface area contributed by atoms with Crippen LogP contribution in [-0.2, 0) is 14.3 Å². The van der Waals surface area contributed by atoms with Crippen LogP contribution in [0.2, 0.25) is 0 Å². The van der Waals surface area contributed by atoms with Crippen LogP contribution in [0.1, 0.15) is 19.8 Å². The molecule has 1 aromatic rings. The highest BCUT2D eigenvalue weighted by Crippen LogP contribution is 2.21. The molecular formula is C14H19NO4. The maximum atomic E-state index is 11.9. The monoisotopic (exact) mass is 265 g/mol. The number of carbonyl (C=O) groups is 1. The van der Waals surface area contributed by atoms with Crippen LogP contribution in [0.15, 0.2) is 24.3 Å². The lowest BCUT2D eigenvalue weighted by Gasteiger charge is -2.16. The molecule has 1 aliphatic rings. The predicted molar refractivity (Wildman–Crippen MR) is 71.1 cm³/mol. The van der Waals surface area contributed by atoms with Gasteiger partial charge < -0.3 is 19.9 Å². The Morgan fingerprint density at radius 1 is 1.58 bits per heavy atom. The van der Waals surface area contributed by atoms with Crippen LogP contribution in [0.25, 0.3) is 0 Å². The van der Waals surface area contributed by atoms with E-state index < -0.39 is 6.10 Å². The zero-order valence-electron chi connectivity index (χ0n) is 11.0. The Morgan fingerprint density at radius 2 is 2.37 bits per heavy atom. The molecule has 0 aliphatic carbocycles. The quantitative estimate of drug-likeness (QED) is 0.798. The molecule has 5 nitrogen and oxygen atoms in total. The van der Waals surface area contributed by atoms with E-state index in [4.69, 9.17) is 9.47 Å². The van der Waals surface area contributed by atoms with Gasteiger partial charge in [0, 0.05) is 6.61 Å². The SMILES string of the molecule is C[C@H](OC[C@H]1CCCO1)C(=O)Nc1ccccc1O. The Hall–Kier alpha value is -1.59. The van der Waals surface area contributed by atoms with Crippen LogP contribution in [0, 0.1) is 0 Å². The summed E-state index contributed by atoms with van der Waals surface area (Å²) in [4.78, 5) is 11.9. The summed E-state index contributed by atoms with van der Waals surface area (Å²) in [6.07, 6.45) is 1.55. The number of rotatable bonds is 5. The zero-order valence-corrected chi connectivity index (χ0v) is 11.0. The van der Waals surface area contributed by atoms with Gasteiger partial charge in [0.15, 0.2) is 0 Å². The van der Waals surface area contributed by atoms with Gasteiger partial charge in [-0.2, -0.15) is 0 Å². The van der Waals surface area contributed by atoms with E-state index in [1.54, 1.807) is 25.1 Å². The summed E-state index contributed by atoms with van der Waals surface area (Å²) in [5.41, 5.74) is 0.389. The van der Waals surface area contributed by atoms with Gasteiger partial charge in [-0.05, 0) is 31.9 Å². The van der Waals surface area contributed by atoms with E-state index in [0.29, 0.717) is 12.3 Å². The Morgan fingerprint density at radius 3 is 3.05 bits per heavy atom. The molecule has 0 unspecified atom stereocenters. The number of nitrogens with one attached hydrogen (secondary N) is 1. The Balaban J connectivity index is 1.80. The molecule has 2 rings (SSSR count). The molecule has 1 heterocycles. The van der Waals surface area contributed by atoms with E-state index in [1.807, 2.05) is 0 Å². The van der Waals surface area contributed by atoms with Crippen molar-refractivity contribution in [3.63, 3.8) is 0 Å². The minimum absolute atomic E-state index is 0.0437. The fourth-order valence-corrected chi connectivity index (χ4v) is 1.92. The highest BCUT2D eigenvalue weighted by molar-refractivity contribution is 5.95. The van der Waals surface area contributed by atoms with Crippen molar-refractivity contribution in [1.82, 2.24) is 0 Å². The van der Waals surface area contributed by atoms with Gasteiger partial charge in [-0.15, -0.1) is 0 Å². The summed E-state index contributed by atoms with van der Waals surface area (Å²) in [7, 11) is 0. The molecule has 1 aromatic carbocycles. The number of phenols is 1. The van der Waals surface area contributed by atoms with Crippen molar-refractivity contribution in [3.8, 4) is 5.75 Å².